The number of nitrogens with zero attached hydrogens (tertiary/aromatic N) is 4. The van der Waals surface area contributed by atoms with E-state index in [-0.39, 0.29) is 29.7 Å². The Labute approximate surface area is 195 Å². The highest BCUT2D eigenvalue weighted by atomic mass is 16.5. The first-order chi connectivity index (χ1) is 16.6. The SMILES string of the molecule is CNc1cc(Nc2cccn(C3[C@H]4COC[C@@H]34)c2=O)nc2c(C(=O)N[C@H]3CC[C@@H]3OC)cnn12. The van der Waals surface area contributed by atoms with Crippen molar-refractivity contribution in [3.8, 4) is 0 Å². The third kappa shape index (κ3) is 3.34. The quantitative estimate of drug-likeness (QED) is 0.478. The second-order valence-electron chi connectivity index (χ2n) is 9.12. The van der Waals surface area contributed by atoms with Crippen LogP contribution in [0.3, 0.4) is 0 Å². The number of nitrogens with one attached hydrogen (secondary N) is 3. The van der Waals surface area contributed by atoms with Gasteiger partial charge in [0.05, 0.1) is 31.6 Å². The Hall–Kier alpha value is -3.44. The summed E-state index contributed by atoms with van der Waals surface area (Å²) in [7, 11) is 3.42. The fraction of sp³-hybridized carbons (Fsp3) is 0.478. The Morgan fingerprint density at radius 3 is 2.79 bits per heavy atom. The van der Waals surface area contributed by atoms with Gasteiger partial charge in [-0.05, 0) is 25.0 Å². The van der Waals surface area contributed by atoms with Crippen molar-refractivity contribution >= 4 is 28.9 Å². The third-order valence-corrected chi connectivity index (χ3v) is 7.27. The van der Waals surface area contributed by atoms with Gasteiger partial charge in [-0.25, -0.2) is 4.98 Å². The van der Waals surface area contributed by atoms with Gasteiger partial charge in [-0.15, -0.1) is 0 Å². The van der Waals surface area contributed by atoms with Crippen molar-refractivity contribution in [1.82, 2.24) is 24.5 Å². The topological polar surface area (TPSA) is 124 Å². The molecule has 3 aromatic heterocycles. The first-order valence-electron chi connectivity index (χ1n) is 11.5. The van der Waals surface area contributed by atoms with Crippen LogP contribution < -0.4 is 21.5 Å². The number of carbonyl (C=O) groups is 1. The highest BCUT2D eigenvalue weighted by Crippen LogP contribution is 2.53. The summed E-state index contributed by atoms with van der Waals surface area (Å²) in [6, 6.07) is 5.53. The van der Waals surface area contributed by atoms with Crippen LogP contribution in [-0.4, -0.2) is 64.6 Å². The first kappa shape index (κ1) is 21.1. The number of amides is 1. The lowest BCUT2D eigenvalue weighted by molar-refractivity contribution is 0.00732. The van der Waals surface area contributed by atoms with Crippen molar-refractivity contribution in [3.63, 3.8) is 0 Å². The van der Waals surface area contributed by atoms with Gasteiger partial charge >= 0.3 is 0 Å². The van der Waals surface area contributed by atoms with Crippen molar-refractivity contribution < 1.29 is 14.3 Å². The lowest BCUT2D eigenvalue weighted by Crippen LogP contribution is -2.51. The van der Waals surface area contributed by atoms with Crippen molar-refractivity contribution in [1.29, 1.82) is 0 Å². The van der Waals surface area contributed by atoms with Crippen molar-refractivity contribution in [2.24, 2.45) is 11.8 Å². The molecule has 0 aromatic carbocycles. The van der Waals surface area contributed by atoms with Crippen LogP contribution in [0.2, 0.25) is 0 Å². The van der Waals surface area contributed by atoms with Crippen LogP contribution in [0.4, 0.5) is 17.3 Å². The molecule has 5 atom stereocenters. The molecule has 11 nitrogen and oxygen atoms in total. The summed E-state index contributed by atoms with van der Waals surface area (Å²) in [4.78, 5) is 30.8. The summed E-state index contributed by atoms with van der Waals surface area (Å²) in [6.45, 7) is 1.42. The number of aromatic nitrogens is 4. The zero-order valence-electron chi connectivity index (χ0n) is 19.0. The molecule has 3 fully saturated rings. The minimum Gasteiger partial charge on any atom is -0.381 e. The van der Waals surface area contributed by atoms with Crippen LogP contribution >= 0.6 is 0 Å². The highest BCUT2D eigenvalue weighted by Gasteiger charge is 2.55. The lowest BCUT2D eigenvalue weighted by atomic mass is 9.89. The number of pyridine rings is 1. The molecule has 0 spiro atoms. The number of ether oxygens (including phenoxy) is 2. The minimum atomic E-state index is -0.252. The van der Waals surface area contributed by atoms with E-state index in [1.165, 1.54) is 6.20 Å². The Balaban J connectivity index is 1.30. The fourth-order valence-corrected chi connectivity index (χ4v) is 5.13. The second-order valence-corrected chi connectivity index (χ2v) is 9.12. The maximum absolute atomic E-state index is 13.2. The smallest absolute Gasteiger partial charge is 0.274 e. The molecule has 34 heavy (non-hydrogen) atoms. The van der Waals surface area contributed by atoms with Crippen molar-refractivity contribution in [3.05, 3.63) is 46.5 Å². The maximum Gasteiger partial charge on any atom is 0.274 e. The largest absolute Gasteiger partial charge is 0.381 e. The monoisotopic (exact) mass is 465 g/mol. The average molecular weight is 466 g/mol. The number of fused-ring (bicyclic) bond motifs is 2. The molecule has 178 valence electrons. The van der Waals surface area contributed by atoms with E-state index in [1.54, 1.807) is 35.4 Å². The van der Waals surface area contributed by atoms with Gasteiger partial charge < -0.3 is 30.0 Å². The van der Waals surface area contributed by atoms with Gasteiger partial charge in [0.15, 0.2) is 5.65 Å². The maximum atomic E-state index is 13.2. The van der Waals surface area contributed by atoms with E-state index < -0.39 is 0 Å². The molecule has 0 bridgehead atoms. The first-order valence-corrected chi connectivity index (χ1v) is 11.5. The molecule has 1 aliphatic heterocycles. The number of hydrogen-bond acceptors (Lipinski definition) is 8. The van der Waals surface area contributed by atoms with E-state index in [1.807, 2.05) is 12.3 Å². The number of anilines is 3. The van der Waals surface area contributed by atoms with Gasteiger partial charge in [-0.3, -0.25) is 9.59 Å². The molecular formula is C23H27N7O4. The summed E-state index contributed by atoms with van der Waals surface area (Å²) in [6.07, 6.45) is 5.17. The van der Waals surface area contributed by atoms with Crippen LogP contribution in [-0.2, 0) is 9.47 Å². The lowest BCUT2D eigenvalue weighted by Gasteiger charge is -2.35. The molecule has 3 N–H and O–H groups in total. The summed E-state index contributed by atoms with van der Waals surface area (Å²) in [5, 5.41) is 13.6. The van der Waals surface area contributed by atoms with Gasteiger partial charge in [0, 0.05) is 44.3 Å². The van der Waals surface area contributed by atoms with Crippen LogP contribution in [0.1, 0.15) is 29.2 Å². The second kappa shape index (κ2) is 8.10. The Morgan fingerprint density at radius 2 is 2.09 bits per heavy atom. The molecule has 6 rings (SSSR count). The Morgan fingerprint density at radius 1 is 1.26 bits per heavy atom. The molecular weight excluding hydrogens is 438 g/mol. The van der Waals surface area contributed by atoms with Gasteiger partial charge in [-0.1, -0.05) is 0 Å². The average Bonchev–Trinajstić information content (AvgIpc) is 3.15. The molecule has 3 aromatic rings. The molecule has 1 unspecified atom stereocenters. The van der Waals surface area contributed by atoms with Crippen molar-refractivity contribution in [2.75, 3.05) is 38.0 Å². The van der Waals surface area contributed by atoms with E-state index in [9.17, 15) is 9.59 Å². The van der Waals surface area contributed by atoms with Crippen molar-refractivity contribution in [2.45, 2.75) is 31.0 Å². The fourth-order valence-electron chi connectivity index (χ4n) is 5.13. The van der Waals surface area contributed by atoms with Gasteiger partial charge in [0.1, 0.15) is 22.9 Å². The number of rotatable bonds is 7. The van der Waals surface area contributed by atoms with Gasteiger partial charge in [0.2, 0.25) is 0 Å². The summed E-state index contributed by atoms with van der Waals surface area (Å²) < 4.78 is 14.2. The summed E-state index contributed by atoms with van der Waals surface area (Å²) in [5.74, 6) is 1.66. The van der Waals surface area contributed by atoms with Crippen LogP contribution in [0.5, 0.6) is 0 Å². The Kier molecular flexibility index (Phi) is 5.03. The number of hydrogen-bond donors (Lipinski definition) is 3. The van der Waals surface area contributed by atoms with E-state index in [0.29, 0.717) is 53.6 Å². The standard InChI is InChI=1S/C23H27N7O4/c1-24-19-8-18(26-16-4-3-7-29(23(16)32)20-13-10-34-11-14(13)20)28-21-12(9-25-30(19)21)22(31)27-15-5-6-17(15)33-2/h3-4,7-9,13-15,17,20,24H,5-6,10-11H2,1-2H3,(H,26,28)(H,27,31)/t13-,14+,15-,17-,20?/m0/s1. The minimum absolute atomic E-state index is 0.0207. The molecule has 2 saturated carbocycles. The summed E-state index contributed by atoms with van der Waals surface area (Å²) in [5.41, 5.74) is 1.08. The van der Waals surface area contributed by atoms with E-state index in [0.717, 1.165) is 12.8 Å². The van der Waals surface area contributed by atoms with Crippen LogP contribution in [0, 0.1) is 11.8 Å². The van der Waals surface area contributed by atoms with Gasteiger partial charge in [-0.2, -0.15) is 9.61 Å². The van der Waals surface area contributed by atoms with E-state index >= 15 is 0 Å². The van der Waals surface area contributed by atoms with Crippen LogP contribution in [0.25, 0.3) is 5.65 Å². The number of carbonyl (C=O) groups excluding carboxylic acids is 1. The molecule has 11 heteroatoms. The normalized spacial score (nSPS) is 27.2. The summed E-state index contributed by atoms with van der Waals surface area (Å²) >= 11 is 0. The molecule has 1 saturated heterocycles. The Bertz CT molecular complexity index is 1310. The highest BCUT2D eigenvalue weighted by molar-refractivity contribution is 6.00. The molecule has 0 radical (unpaired) electrons. The van der Waals surface area contributed by atoms with E-state index in [2.05, 4.69) is 26.0 Å². The van der Waals surface area contributed by atoms with Crippen LogP contribution in [0.15, 0.2) is 35.4 Å². The molecule has 4 heterocycles. The molecule has 1 amide bonds. The number of methoxy groups -OCH3 is 1. The molecule has 2 aliphatic carbocycles. The zero-order valence-corrected chi connectivity index (χ0v) is 19.0. The molecule has 3 aliphatic rings. The third-order valence-electron chi connectivity index (χ3n) is 7.27. The predicted octanol–water partition coefficient (Wildman–Crippen LogP) is 1.40. The zero-order chi connectivity index (χ0) is 23.4. The van der Waals surface area contributed by atoms with Gasteiger partial charge in [0.25, 0.3) is 11.5 Å². The predicted molar refractivity (Wildman–Crippen MR) is 125 cm³/mol. The van der Waals surface area contributed by atoms with E-state index in [4.69, 9.17) is 9.47 Å².